The average Bonchev–Trinajstić information content (AvgIpc) is 3.60. The number of rotatable bonds is 9. The zero-order valence-corrected chi connectivity index (χ0v) is 22.0. The fraction of sp³-hybridized carbons (Fsp3) is 0.517. The van der Waals surface area contributed by atoms with E-state index in [-0.39, 0.29) is 11.7 Å². The van der Waals surface area contributed by atoms with E-state index in [0.29, 0.717) is 30.8 Å². The summed E-state index contributed by atoms with van der Waals surface area (Å²) in [7, 11) is 0. The second-order valence-corrected chi connectivity index (χ2v) is 11.1. The lowest BCUT2D eigenvalue weighted by Gasteiger charge is -2.18. The van der Waals surface area contributed by atoms with Crippen molar-refractivity contribution in [2.75, 3.05) is 11.9 Å². The van der Waals surface area contributed by atoms with Crippen LogP contribution in [0.5, 0.6) is 5.75 Å². The molecule has 3 heterocycles. The molecule has 1 aliphatic carbocycles. The molecular weight excluding hydrogens is 466 g/mol. The van der Waals surface area contributed by atoms with Gasteiger partial charge in [0.05, 0.1) is 18.2 Å². The highest BCUT2D eigenvalue weighted by molar-refractivity contribution is 6.01. The van der Waals surface area contributed by atoms with Crippen LogP contribution in [0.3, 0.4) is 0 Å². The molecule has 0 saturated heterocycles. The van der Waals surface area contributed by atoms with E-state index in [0.717, 1.165) is 47.5 Å². The molecule has 37 heavy (non-hydrogen) atoms. The number of carbonyl (C=O) groups excluding carboxylic acids is 1. The predicted octanol–water partition coefficient (Wildman–Crippen LogP) is 5.51. The Bertz CT molecular complexity index is 1260. The molecule has 0 bridgehead atoms. The monoisotopic (exact) mass is 503 g/mol. The molecule has 5 rings (SSSR count). The van der Waals surface area contributed by atoms with Crippen molar-refractivity contribution in [1.29, 1.82) is 0 Å². The number of pyridine rings is 1. The van der Waals surface area contributed by atoms with Crippen molar-refractivity contribution in [3.8, 4) is 16.9 Å². The Morgan fingerprint density at radius 2 is 2.00 bits per heavy atom. The van der Waals surface area contributed by atoms with Crippen LogP contribution >= 0.6 is 0 Å². The predicted molar refractivity (Wildman–Crippen MR) is 143 cm³/mol. The number of nitrogens with one attached hydrogen (secondary N) is 1. The number of aromatic nitrogens is 4. The molecule has 0 spiro atoms. The van der Waals surface area contributed by atoms with Crippen LogP contribution in [0.2, 0.25) is 0 Å². The Hall–Kier alpha value is -3.26. The molecule has 0 radical (unpaired) electrons. The number of hydrogen-bond donors (Lipinski definition) is 2. The van der Waals surface area contributed by atoms with Gasteiger partial charge in [-0.1, -0.05) is 18.9 Å². The summed E-state index contributed by atoms with van der Waals surface area (Å²) in [6.45, 7) is 6.19. The summed E-state index contributed by atoms with van der Waals surface area (Å²) >= 11 is 0. The Balaban J connectivity index is 1.26. The minimum Gasteiger partial charge on any atom is -0.494 e. The highest BCUT2D eigenvalue weighted by Gasteiger charge is 2.34. The fourth-order valence-corrected chi connectivity index (χ4v) is 5.60. The molecule has 1 aliphatic heterocycles. The molecule has 8 nitrogen and oxygen atoms in total. The van der Waals surface area contributed by atoms with E-state index in [1.54, 1.807) is 20.0 Å². The Morgan fingerprint density at radius 1 is 1.19 bits per heavy atom. The van der Waals surface area contributed by atoms with Gasteiger partial charge >= 0.3 is 0 Å². The Morgan fingerprint density at radius 3 is 2.78 bits per heavy atom. The minimum absolute atomic E-state index is 0.211. The Kier molecular flexibility index (Phi) is 7.29. The van der Waals surface area contributed by atoms with Crippen LogP contribution in [0.1, 0.15) is 86.8 Å². The number of ether oxygens (including phenoxy) is 1. The molecule has 2 aromatic heterocycles. The summed E-state index contributed by atoms with van der Waals surface area (Å²) in [5, 5.41) is 17.4. The third-order valence-corrected chi connectivity index (χ3v) is 7.55. The summed E-state index contributed by atoms with van der Waals surface area (Å²) in [4.78, 5) is 21.9. The van der Waals surface area contributed by atoms with Crippen LogP contribution in [0, 0.1) is 12.8 Å². The van der Waals surface area contributed by atoms with Crippen LogP contribution in [0.25, 0.3) is 11.1 Å². The lowest BCUT2D eigenvalue weighted by molar-refractivity contribution is 0.0641. The zero-order chi connectivity index (χ0) is 26.0. The first kappa shape index (κ1) is 25.4. The average molecular weight is 504 g/mol. The van der Waals surface area contributed by atoms with Crippen LogP contribution < -0.4 is 10.1 Å². The number of anilines is 1. The molecule has 1 aromatic carbocycles. The van der Waals surface area contributed by atoms with Crippen LogP contribution in [-0.4, -0.2) is 43.0 Å². The van der Waals surface area contributed by atoms with Gasteiger partial charge in [0.2, 0.25) is 5.82 Å². The topological polar surface area (TPSA) is 102 Å². The van der Waals surface area contributed by atoms with Gasteiger partial charge in [-0.05, 0) is 99.7 Å². The zero-order valence-electron chi connectivity index (χ0n) is 22.0. The highest BCUT2D eigenvalue weighted by atomic mass is 16.5. The van der Waals surface area contributed by atoms with Gasteiger partial charge in [0.15, 0.2) is 0 Å². The quantitative estimate of drug-likeness (QED) is 0.374. The molecule has 8 heteroatoms. The van der Waals surface area contributed by atoms with E-state index in [1.165, 1.54) is 25.7 Å². The first-order chi connectivity index (χ1) is 17.8. The second-order valence-electron chi connectivity index (χ2n) is 11.1. The molecule has 1 amide bonds. The summed E-state index contributed by atoms with van der Waals surface area (Å²) in [5.41, 5.74) is 2.35. The van der Waals surface area contributed by atoms with E-state index in [2.05, 4.69) is 20.4 Å². The van der Waals surface area contributed by atoms with Crippen molar-refractivity contribution in [2.24, 2.45) is 5.92 Å². The van der Waals surface area contributed by atoms with Crippen LogP contribution in [0.4, 0.5) is 5.82 Å². The van der Waals surface area contributed by atoms with Gasteiger partial charge in [0.25, 0.3) is 5.91 Å². The van der Waals surface area contributed by atoms with E-state index in [1.807, 2.05) is 41.9 Å². The molecule has 1 unspecified atom stereocenters. The Labute approximate surface area is 218 Å². The smallest absolute Gasteiger partial charge is 0.296 e. The standard InChI is InChI=1S/C29H37N5O3/c1-19-9-10-22(37-16-6-14-29(2,3)36)18-23(19)21-13-15-30-25(17-21)31-28(35)27-32-26-12-11-24(34(26)33-27)20-7-4-5-8-20/h9-10,13,15,17-18,20,24,36H,4-8,11-12,14,16H2,1-3H3,(H,30,31,35). The van der Waals surface area contributed by atoms with Gasteiger partial charge in [-0.25, -0.2) is 14.6 Å². The number of benzene rings is 1. The minimum atomic E-state index is -0.691. The summed E-state index contributed by atoms with van der Waals surface area (Å²) in [6.07, 6.45) is 10.2. The molecule has 1 atom stereocenters. The number of hydrogen-bond acceptors (Lipinski definition) is 6. The number of fused-ring (bicyclic) bond motifs is 1. The van der Waals surface area contributed by atoms with Crippen molar-refractivity contribution >= 4 is 11.7 Å². The third kappa shape index (κ3) is 6.01. The van der Waals surface area contributed by atoms with Gasteiger partial charge in [0, 0.05) is 12.6 Å². The number of aryl methyl sites for hydroxylation is 2. The van der Waals surface area contributed by atoms with Gasteiger partial charge in [-0.15, -0.1) is 5.10 Å². The molecule has 3 aromatic rings. The molecule has 2 N–H and O–H groups in total. The van der Waals surface area contributed by atoms with Gasteiger partial charge in [-0.3, -0.25) is 4.79 Å². The van der Waals surface area contributed by atoms with E-state index < -0.39 is 5.60 Å². The van der Waals surface area contributed by atoms with E-state index in [4.69, 9.17) is 4.74 Å². The van der Waals surface area contributed by atoms with Gasteiger partial charge < -0.3 is 15.2 Å². The van der Waals surface area contributed by atoms with Gasteiger partial charge in [0.1, 0.15) is 17.4 Å². The second kappa shape index (κ2) is 10.6. The summed E-state index contributed by atoms with van der Waals surface area (Å²) < 4.78 is 7.94. The highest BCUT2D eigenvalue weighted by Crippen LogP contribution is 2.40. The van der Waals surface area contributed by atoms with Crippen LogP contribution in [0.15, 0.2) is 36.5 Å². The van der Waals surface area contributed by atoms with Crippen molar-refractivity contribution in [1.82, 2.24) is 19.7 Å². The lowest BCUT2D eigenvalue weighted by Crippen LogP contribution is -2.19. The van der Waals surface area contributed by atoms with Crippen molar-refractivity contribution in [2.45, 2.75) is 83.8 Å². The van der Waals surface area contributed by atoms with Crippen molar-refractivity contribution < 1.29 is 14.6 Å². The number of amides is 1. The SMILES string of the molecule is Cc1ccc(OCCCC(C)(C)O)cc1-c1ccnc(NC(=O)c2nc3n(n2)C(C2CCCC2)CC3)c1. The van der Waals surface area contributed by atoms with E-state index >= 15 is 0 Å². The molecule has 1 saturated carbocycles. The maximum Gasteiger partial charge on any atom is 0.296 e. The molecular formula is C29H37N5O3. The molecule has 196 valence electrons. The number of aliphatic hydroxyl groups is 1. The summed E-state index contributed by atoms with van der Waals surface area (Å²) in [6, 6.07) is 10.1. The number of nitrogens with zero attached hydrogens (tertiary/aromatic N) is 4. The maximum absolute atomic E-state index is 13.0. The van der Waals surface area contributed by atoms with Gasteiger partial charge in [-0.2, -0.15) is 0 Å². The maximum atomic E-state index is 13.0. The third-order valence-electron chi connectivity index (χ3n) is 7.55. The largest absolute Gasteiger partial charge is 0.494 e. The van der Waals surface area contributed by atoms with Crippen molar-refractivity contribution in [3.05, 3.63) is 53.7 Å². The first-order valence-corrected chi connectivity index (χ1v) is 13.5. The van der Waals surface area contributed by atoms with E-state index in [9.17, 15) is 9.90 Å². The lowest BCUT2D eigenvalue weighted by atomic mass is 9.97. The first-order valence-electron chi connectivity index (χ1n) is 13.5. The number of carbonyl (C=O) groups is 1. The van der Waals surface area contributed by atoms with Crippen molar-refractivity contribution in [3.63, 3.8) is 0 Å². The fourth-order valence-electron chi connectivity index (χ4n) is 5.60. The normalized spacial score (nSPS) is 17.7. The summed E-state index contributed by atoms with van der Waals surface area (Å²) in [5.74, 6) is 2.67. The van der Waals surface area contributed by atoms with Crippen LogP contribution in [-0.2, 0) is 6.42 Å². The molecule has 1 fully saturated rings. The molecule has 2 aliphatic rings.